The largest absolute Gasteiger partial charge is 0.426 e. The van der Waals surface area contributed by atoms with Crippen molar-refractivity contribution in [2.24, 2.45) is 11.8 Å². The molecule has 0 N–H and O–H groups in total. The van der Waals surface area contributed by atoms with Crippen LogP contribution in [-0.2, 0) is 30.5 Å². The van der Waals surface area contributed by atoms with Crippen molar-refractivity contribution in [3.8, 4) is 11.8 Å². The maximum atomic E-state index is 13.8. The van der Waals surface area contributed by atoms with E-state index < -0.39 is 23.2 Å². The second kappa shape index (κ2) is 8.55. The molecule has 2 atom stereocenters. The first-order valence-corrected chi connectivity index (χ1v) is 10.7. The lowest BCUT2D eigenvalue weighted by Gasteiger charge is -2.31. The van der Waals surface area contributed by atoms with Gasteiger partial charge in [0.15, 0.2) is 0 Å². The summed E-state index contributed by atoms with van der Waals surface area (Å²) < 4.78 is 32.8. The Balaban J connectivity index is 1.47. The van der Waals surface area contributed by atoms with E-state index in [1.807, 2.05) is 0 Å². The fourth-order valence-electron chi connectivity index (χ4n) is 5.01. The van der Waals surface area contributed by atoms with Crippen molar-refractivity contribution in [2.45, 2.75) is 58.3 Å². The standard InChI is InChI=1S/C25H25F2NO2/c1-2-3-15-4-8-20-16(10-15)5-6-17-11-18(7-9-21(17)20)25(29)30-19-12-23(26)22(14-28)24(27)13-19/h5-6,12-13,15,18H,2-4,7-11H2,1H3. The predicted molar refractivity (Wildman–Crippen MR) is 109 cm³/mol. The molecular formula is C25H25F2NO2. The van der Waals surface area contributed by atoms with E-state index in [9.17, 15) is 13.6 Å². The van der Waals surface area contributed by atoms with Gasteiger partial charge in [-0.3, -0.25) is 4.79 Å². The molecule has 2 unspecified atom stereocenters. The van der Waals surface area contributed by atoms with Crippen LogP contribution >= 0.6 is 0 Å². The summed E-state index contributed by atoms with van der Waals surface area (Å²) in [5.74, 6) is -2.30. The number of benzene rings is 2. The van der Waals surface area contributed by atoms with Crippen molar-refractivity contribution in [2.75, 3.05) is 0 Å². The van der Waals surface area contributed by atoms with Crippen LogP contribution in [0.2, 0.25) is 0 Å². The summed E-state index contributed by atoms with van der Waals surface area (Å²) in [4.78, 5) is 12.6. The quantitative estimate of drug-likeness (QED) is 0.498. The van der Waals surface area contributed by atoms with Gasteiger partial charge in [0.2, 0.25) is 0 Å². The number of esters is 1. The van der Waals surface area contributed by atoms with Gasteiger partial charge in [-0.05, 0) is 66.7 Å². The average molecular weight is 409 g/mol. The average Bonchev–Trinajstić information content (AvgIpc) is 2.73. The highest BCUT2D eigenvalue weighted by molar-refractivity contribution is 5.76. The van der Waals surface area contributed by atoms with Crippen LogP contribution < -0.4 is 4.74 Å². The molecule has 0 aliphatic heterocycles. The zero-order valence-corrected chi connectivity index (χ0v) is 17.1. The lowest BCUT2D eigenvalue weighted by Crippen LogP contribution is -2.28. The highest BCUT2D eigenvalue weighted by Crippen LogP contribution is 2.36. The summed E-state index contributed by atoms with van der Waals surface area (Å²) in [5.41, 5.74) is 4.84. The number of rotatable bonds is 4. The summed E-state index contributed by atoms with van der Waals surface area (Å²) in [6, 6.07) is 7.60. The highest BCUT2D eigenvalue weighted by atomic mass is 19.1. The maximum absolute atomic E-state index is 13.8. The van der Waals surface area contributed by atoms with E-state index in [-0.39, 0.29) is 11.7 Å². The Labute approximate surface area is 175 Å². The fourth-order valence-corrected chi connectivity index (χ4v) is 5.01. The first kappa shape index (κ1) is 20.5. The van der Waals surface area contributed by atoms with Gasteiger partial charge in [-0.1, -0.05) is 31.9 Å². The molecule has 0 amide bonds. The Morgan fingerprint density at radius 3 is 2.37 bits per heavy atom. The fraction of sp³-hybridized carbons (Fsp3) is 0.440. The summed E-state index contributed by atoms with van der Waals surface area (Å²) in [5, 5.41) is 8.76. The molecular weight excluding hydrogens is 384 g/mol. The number of nitriles is 1. The van der Waals surface area contributed by atoms with E-state index in [4.69, 9.17) is 10.00 Å². The van der Waals surface area contributed by atoms with E-state index in [0.717, 1.165) is 37.3 Å². The second-order valence-electron chi connectivity index (χ2n) is 8.47. The Hall–Kier alpha value is -2.74. The monoisotopic (exact) mass is 409 g/mol. The molecule has 4 rings (SSSR count). The van der Waals surface area contributed by atoms with Crippen molar-refractivity contribution in [1.82, 2.24) is 0 Å². The molecule has 2 aliphatic carbocycles. The Bertz CT molecular complexity index is 1000. The molecule has 30 heavy (non-hydrogen) atoms. The molecule has 0 aromatic heterocycles. The first-order valence-electron chi connectivity index (χ1n) is 10.7. The van der Waals surface area contributed by atoms with Gasteiger partial charge in [0, 0.05) is 12.1 Å². The Morgan fingerprint density at radius 2 is 1.73 bits per heavy atom. The number of ether oxygens (including phenoxy) is 1. The van der Waals surface area contributed by atoms with Gasteiger partial charge in [0.1, 0.15) is 29.0 Å². The molecule has 0 radical (unpaired) electrons. The Morgan fingerprint density at radius 1 is 1.10 bits per heavy atom. The number of hydrogen-bond acceptors (Lipinski definition) is 3. The number of nitrogens with zero attached hydrogens (tertiary/aromatic N) is 1. The van der Waals surface area contributed by atoms with Gasteiger partial charge in [0.25, 0.3) is 0 Å². The number of halogens is 2. The molecule has 0 heterocycles. The highest BCUT2D eigenvalue weighted by Gasteiger charge is 2.30. The molecule has 2 aliphatic rings. The number of carbonyl (C=O) groups is 1. The zero-order chi connectivity index (χ0) is 21.3. The Kier molecular flexibility index (Phi) is 5.85. The van der Waals surface area contributed by atoms with E-state index in [1.54, 1.807) is 0 Å². The summed E-state index contributed by atoms with van der Waals surface area (Å²) in [7, 11) is 0. The van der Waals surface area contributed by atoms with Gasteiger partial charge >= 0.3 is 5.97 Å². The van der Waals surface area contributed by atoms with Crippen molar-refractivity contribution in [3.05, 3.63) is 63.7 Å². The predicted octanol–water partition coefficient (Wildman–Crippen LogP) is 5.45. The zero-order valence-electron chi connectivity index (χ0n) is 17.1. The van der Waals surface area contributed by atoms with E-state index in [0.29, 0.717) is 12.8 Å². The molecule has 2 aromatic carbocycles. The smallest absolute Gasteiger partial charge is 0.314 e. The lowest BCUT2D eigenvalue weighted by molar-refractivity contribution is -0.139. The SMILES string of the molecule is CCCC1CCc2c(ccc3c2CCC(C(=O)Oc2cc(F)c(C#N)c(F)c2)C3)C1. The molecule has 2 aromatic rings. The van der Waals surface area contributed by atoms with Crippen LogP contribution in [0.3, 0.4) is 0 Å². The van der Waals surface area contributed by atoms with Crippen molar-refractivity contribution < 1.29 is 18.3 Å². The normalized spacial score (nSPS) is 20.1. The number of carbonyl (C=O) groups excluding carboxylic acids is 1. The third-order valence-electron chi connectivity index (χ3n) is 6.52. The van der Waals surface area contributed by atoms with Crippen molar-refractivity contribution >= 4 is 5.97 Å². The minimum absolute atomic E-state index is 0.202. The molecule has 0 fully saturated rings. The summed E-state index contributed by atoms with van der Waals surface area (Å²) >= 11 is 0. The van der Waals surface area contributed by atoms with Crippen molar-refractivity contribution in [1.29, 1.82) is 5.26 Å². The lowest BCUT2D eigenvalue weighted by atomic mass is 9.74. The van der Waals surface area contributed by atoms with Gasteiger partial charge < -0.3 is 4.74 Å². The van der Waals surface area contributed by atoms with Gasteiger partial charge in [-0.25, -0.2) is 8.78 Å². The molecule has 156 valence electrons. The number of hydrogen-bond donors (Lipinski definition) is 0. The van der Waals surface area contributed by atoms with Gasteiger partial charge in [0.05, 0.1) is 5.92 Å². The minimum Gasteiger partial charge on any atom is -0.426 e. The summed E-state index contributed by atoms with van der Waals surface area (Å²) in [6.45, 7) is 2.24. The van der Waals surface area contributed by atoms with Crippen LogP contribution in [-0.4, -0.2) is 5.97 Å². The van der Waals surface area contributed by atoms with E-state index in [2.05, 4.69) is 19.1 Å². The molecule has 3 nitrogen and oxygen atoms in total. The second-order valence-corrected chi connectivity index (χ2v) is 8.47. The minimum atomic E-state index is -1.03. The van der Waals surface area contributed by atoms with E-state index in [1.165, 1.54) is 47.6 Å². The third kappa shape index (κ3) is 3.96. The van der Waals surface area contributed by atoms with Crippen LogP contribution in [0.1, 0.15) is 60.4 Å². The van der Waals surface area contributed by atoms with Crippen LogP contribution in [0.4, 0.5) is 8.78 Å². The molecule has 0 saturated heterocycles. The van der Waals surface area contributed by atoms with Gasteiger partial charge in [-0.15, -0.1) is 0 Å². The number of fused-ring (bicyclic) bond motifs is 3. The molecule has 0 saturated carbocycles. The molecule has 0 spiro atoms. The van der Waals surface area contributed by atoms with Gasteiger partial charge in [-0.2, -0.15) is 5.26 Å². The van der Waals surface area contributed by atoms with Crippen LogP contribution in [0.5, 0.6) is 5.75 Å². The molecule has 0 bridgehead atoms. The third-order valence-corrected chi connectivity index (χ3v) is 6.52. The maximum Gasteiger partial charge on any atom is 0.314 e. The topological polar surface area (TPSA) is 50.1 Å². The first-order chi connectivity index (χ1) is 14.5. The molecule has 5 heteroatoms. The van der Waals surface area contributed by atoms with Crippen LogP contribution in [0.15, 0.2) is 24.3 Å². The van der Waals surface area contributed by atoms with E-state index >= 15 is 0 Å². The van der Waals surface area contributed by atoms with Crippen LogP contribution in [0, 0.1) is 34.8 Å². The van der Waals surface area contributed by atoms with Crippen LogP contribution in [0.25, 0.3) is 0 Å². The summed E-state index contributed by atoms with van der Waals surface area (Å²) in [6.07, 6.45) is 8.08. The van der Waals surface area contributed by atoms with Crippen molar-refractivity contribution in [3.63, 3.8) is 0 Å².